The lowest BCUT2D eigenvalue weighted by atomic mass is 9.93. The Bertz CT molecular complexity index is 253. The summed E-state index contributed by atoms with van der Waals surface area (Å²) in [5, 5.41) is 0.304. The van der Waals surface area contributed by atoms with Crippen molar-refractivity contribution in [3.8, 4) is 0 Å². The zero-order valence-corrected chi connectivity index (χ0v) is 16.1. The summed E-state index contributed by atoms with van der Waals surface area (Å²) in [6.07, 6.45) is 21.5. The molecule has 2 heteroatoms. The van der Waals surface area contributed by atoms with Crippen LogP contribution in [0, 0.1) is 0 Å². The number of allylic oxidation sites excluding steroid dienone is 3. The lowest BCUT2D eigenvalue weighted by Crippen LogP contribution is -2.15. The van der Waals surface area contributed by atoms with Crippen LogP contribution in [0.15, 0.2) is 38.0 Å². The van der Waals surface area contributed by atoms with Crippen molar-refractivity contribution in [3.63, 3.8) is 0 Å². The van der Waals surface area contributed by atoms with Gasteiger partial charge in [0.2, 0.25) is 0 Å². The number of rotatable bonds is 16. The normalized spacial score (nSPS) is 11.9. The fourth-order valence-corrected chi connectivity index (χ4v) is 4.76. The minimum atomic E-state index is -0.545. The maximum Gasteiger partial charge on any atom is 0.135 e. The summed E-state index contributed by atoms with van der Waals surface area (Å²) >= 11 is 6.39. The maximum atomic E-state index is 6.39. The van der Waals surface area contributed by atoms with Gasteiger partial charge in [-0.05, 0) is 43.6 Å². The largest absolute Gasteiger partial charge is 0.175 e. The van der Waals surface area contributed by atoms with Crippen LogP contribution in [0.2, 0.25) is 5.04 Å². The van der Waals surface area contributed by atoms with Crippen molar-refractivity contribution in [3.05, 3.63) is 38.0 Å². The van der Waals surface area contributed by atoms with E-state index in [0.29, 0.717) is 5.04 Å². The SMILES string of the molecule is C=CCCCCCCC(C=C)(CCCCCCC=C)[SiH2]Cl. The Hall–Kier alpha value is -0.273. The molecule has 122 valence electrons. The topological polar surface area (TPSA) is 0 Å². The van der Waals surface area contributed by atoms with E-state index in [0.717, 1.165) is 12.8 Å². The predicted octanol–water partition coefficient (Wildman–Crippen LogP) is 6.71. The fourth-order valence-electron chi connectivity index (χ4n) is 2.76. The third-order valence-electron chi connectivity index (χ3n) is 4.36. The number of hydrogen-bond donors (Lipinski definition) is 0. The molecule has 0 aliphatic heterocycles. The van der Waals surface area contributed by atoms with Crippen molar-refractivity contribution in [2.75, 3.05) is 0 Å². The van der Waals surface area contributed by atoms with Gasteiger partial charge < -0.3 is 0 Å². The summed E-state index contributed by atoms with van der Waals surface area (Å²) in [6, 6.07) is 0. The molecule has 0 atom stereocenters. The molecule has 21 heavy (non-hydrogen) atoms. The summed E-state index contributed by atoms with van der Waals surface area (Å²) in [4.78, 5) is 0. The van der Waals surface area contributed by atoms with Gasteiger partial charge in [-0.3, -0.25) is 0 Å². The molecule has 0 spiro atoms. The highest BCUT2D eigenvalue weighted by atomic mass is 35.6. The van der Waals surface area contributed by atoms with E-state index in [1.807, 2.05) is 12.2 Å². The second-order valence-corrected chi connectivity index (χ2v) is 8.66. The summed E-state index contributed by atoms with van der Waals surface area (Å²) < 4.78 is 0. The third kappa shape index (κ3) is 11.0. The molecular formula is C19H35ClSi. The first-order valence-electron chi connectivity index (χ1n) is 8.66. The van der Waals surface area contributed by atoms with Gasteiger partial charge in [-0.25, -0.2) is 0 Å². The molecule has 0 radical (unpaired) electrons. The Morgan fingerprint density at radius 1 is 0.714 bits per heavy atom. The van der Waals surface area contributed by atoms with Gasteiger partial charge in [0.1, 0.15) is 8.83 Å². The van der Waals surface area contributed by atoms with Crippen molar-refractivity contribution < 1.29 is 0 Å². The van der Waals surface area contributed by atoms with Gasteiger partial charge in [0.15, 0.2) is 0 Å². The zero-order valence-electron chi connectivity index (χ0n) is 13.9. The first-order valence-corrected chi connectivity index (χ1v) is 11.5. The van der Waals surface area contributed by atoms with Crippen LogP contribution >= 0.6 is 11.1 Å². The molecule has 0 aromatic carbocycles. The molecule has 0 aromatic heterocycles. The van der Waals surface area contributed by atoms with Crippen LogP contribution in [-0.2, 0) is 0 Å². The molecule has 0 N–H and O–H groups in total. The molecule has 0 bridgehead atoms. The van der Waals surface area contributed by atoms with Gasteiger partial charge in [0.05, 0.1) is 0 Å². The smallest absolute Gasteiger partial charge is 0.135 e. The molecule has 0 saturated carbocycles. The van der Waals surface area contributed by atoms with Crippen molar-refractivity contribution in [1.82, 2.24) is 0 Å². The average molecular weight is 327 g/mol. The van der Waals surface area contributed by atoms with Crippen LogP contribution in [0.3, 0.4) is 0 Å². The highest BCUT2D eigenvalue weighted by molar-refractivity contribution is 6.95. The molecule has 0 aliphatic carbocycles. The Kier molecular flexibility index (Phi) is 14.5. The fraction of sp³-hybridized carbons (Fsp3) is 0.684. The van der Waals surface area contributed by atoms with Gasteiger partial charge in [0.25, 0.3) is 0 Å². The second kappa shape index (κ2) is 14.7. The first kappa shape index (κ1) is 20.7. The Balaban J connectivity index is 3.86. The van der Waals surface area contributed by atoms with Crippen LogP contribution in [-0.4, -0.2) is 8.83 Å². The number of halogens is 1. The van der Waals surface area contributed by atoms with Crippen molar-refractivity contribution >= 4 is 19.9 Å². The van der Waals surface area contributed by atoms with E-state index in [1.165, 1.54) is 64.2 Å². The van der Waals surface area contributed by atoms with E-state index in [9.17, 15) is 0 Å². The first-order chi connectivity index (χ1) is 10.2. The summed E-state index contributed by atoms with van der Waals surface area (Å²) in [5.41, 5.74) is 0. The van der Waals surface area contributed by atoms with Gasteiger partial charge in [-0.1, -0.05) is 56.8 Å². The number of unbranched alkanes of at least 4 members (excludes halogenated alkanes) is 8. The minimum absolute atomic E-state index is 0.304. The summed E-state index contributed by atoms with van der Waals surface area (Å²) in [6.45, 7) is 11.6. The van der Waals surface area contributed by atoms with Gasteiger partial charge in [-0.15, -0.1) is 19.7 Å². The van der Waals surface area contributed by atoms with Crippen LogP contribution in [0.4, 0.5) is 0 Å². The minimum Gasteiger partial charge on any atom is -0.175 e. The Morgan fingerprint density at radius 3 is 1.48 bits per heavy atom. The predicted molar refractivity (Wildman–Crippen MR) is 103 cm³/mol. The molecule has 0 fully saturated rings. The average Bonchev–Trinajstić information content (AvgIpc) is 2.52. The molecule has 0 rings (SSSR count). The van der Waals surface area contributed by atoms with E-state index in [2.05, 4.69) is 25.8 Å². The molecule has 0 heterocycles. The van der Waals surface area contributed by atoms with Crippen molar-refractivity contribution in [2.24, 2.45) is 0 Å². The van der Waals surface area contributed by atoms with Crippen LogP contribution < -0.4 is 0 Å². The number of hydrogen-bond acceptors (Lipinski definition) is 0. The van der Waals surface area contributed by atoms with E-state index < -0.39 is 8.83 Å². The maximum absolute atomic E-state index is 6.39. The monoisotopic (exact) mass is 326 g/mol. The van der Waals surface area contributed by atoms with E-state index in [4.69, 9.17) is 11.1 Å². The van der Waals surface area contributed by atoms with Gasteiger partial charge >= 0.3 is 0 Å². The lowest BCUT2D eigenvalue weighted by Gasteiger charge is -2.28. The molecule has 0 saturated heterocycles. The van der Waals surface area contributed by atoms with Crippen LogP contribution in [0.25, 0.3) is 0 Å². The molecular weight excluding hydrogens is 292 g/mol. The van der Waals surface area contributed by atoms with Gasteiger partial charge in [-0.2, -0.15) is 11.1 Å². The van der Waals surface area contributed by atoms with Crippen LogP contribution in [0.5, 0.6) is 0 Å². The van der Waals surface area contributed by atoms with Crippen LogP contribution in [0.1, 0.15) is 77.0 Å². The van der Waals surface area contributed by atoms with E-state index in [-0.39, 0.29) is 0 Å². The van der Waals surface area contributed by atoms with E-state index in [1.54, 1.807) is 0 Å². The zero-order chi connectivity index (χ0) is 15.8. The van der Waals surface area contributed by atoms with Crippen molar-refractivity contribution in [2.45, 2.75) is 82.1 Å². The Labute approximate surface area is 140 Å². The lowest BCUT2D eigenvalue weighted by molar-refractivity contribution is 0.485. The summed E-state index contributed by atoms with van der Waals surface area (Å²) in [5.74, 6) is 0. The molecule has 0 unspecified atom stereocenters. The standard InChI is InChI=1S/C19H35ClSi/c1-4-7-9-11-13-15-17-19(6-3,21-20)18-16-14-12-10-8-5-2/h4-6H,1-3,7-18,21H2. The molecule has 0 aliphatic rings. The van der Waals surface area contributed by atoms with Gasteiger partial charge in [0, 0.05) is 0 Å². The highest BCUT2D eigenvalue weighted by Crippen LogP contribution is 2.40. The second-order valence-electron chi connectivity index (χ2n) is 6.18. The Morgan fingerprint density at radius 2 is 1.14 bits per heavy atom. The molecule has 0 aromatic rings. The third-order valence-corrected chi connectivity index (χ3v) is 7.49. The molecule has 0 amide bonds. The summed E-state index contributed by atoms with van der Waals surface area (Å²) in [7, 11) is -0.545. The van der Waals surface area contributed by atoms with Crippen molar-refractivity contribution in [1.29, 1.82) is 0 Å². The highest BCUT2D eigenvalue weighted by Gasteiger charge is 2.24. The van der Waals surface area contributed by atoms with E-state index >= 15 is 0 Å². The quantitative estimate of drug-likeness (QED) is 0.128. The molecule has 0 nitrogen and oxygen atoms in total.